The average molecular weight is 320 g/mol. The lowest BCUT2D eigenvalue weighted by Crippen LogP contribution is -2.44. The molecular formula is C16H20N2O3S. The minimum absolute atomic E-state index is 0.0589. The molecule has 0 radical (unpaired) electrons. The van der Waals surface area contributed by atoms with Crippen LogP contribution in [0.3, 0.4) is 0 Å². The fourth-order valence-electron chi connectivity index (χ4n) is 2.94. The van der Waals surface area contributed by atoms with Crippen LogP contribution in [-0.4, -0.2) is 28.6 Å². The molecule has 1 saturated carbocycles. The maximum absolute atomic E-state index is 12.2. The third-order valence-corrected chi connectivity index (χ3v) is 4.97. The number of amides is 1. The van der Waals surface area contributed by atoms with Gasteiger partial charge in [0.15, 0.2) is 0 Å². The highest BCUT2D eigenvalue weighted by Crippen LogP contribution is 2.25. The standard InChI is InChI=1S/C16H20N2O3S/c19-9-11-4-1-2-5-13(11)18-15(20)8-12-10-21-16(17-12)14-6-3-7-22-14/h3,6-7,10-11,13,19H,1-2,4-5,8-9H2,(H,18,20). The van der Waals surface area contributed by atoms with E-state index in [2.05, 4.69) is 10.3 Å². The number of nitrogens with zero attached hydrogens (tertiary/aromatic N) is 1. The second-order valence-corrected chi connectivity index (χ2v) is 6.65. The van der Waals surface area contributed by atoms with E-state index >= 15 is 0 Å². The average Bonchev–Trinajstić information content (AvgIpc) is 3.18. The van der Waals surface area contributed by atoms with Gasteiger partial charge < -0.3 is 14.8 Å². The number of hydrogen-bond acceptors (Lipinski definition) is 5. The lowest BCUT2D eigenvalue weighted by Gasteiger charge is -2.30. The third kappa shape index (κ3) is 3.56. The first-order chi connectivity index (χ1) is 10.8. The summed E-state index contributed by atoms with van der Waals surface area (Å²) in [7, 11) is 0. The van der Waals surface area contributed by atoms with Crippen molar-refractivity contribution in [2.45, 2.75) is 38.1 Å². The van der Waals surface area contributed by atoms with E-state index in [4.69, 9.17) is 4.42 Å². The second kappa shape index (κ2) is 7.07. The van der Waals surface area contributed by atoms with Gasteiger partial charge in [0.05, 0.1) is 17.0 Å². The number of oxazole rings is 1. The Hall–Kier alpha value is -1.66. The Morgan fingerprint density at radius 1 is 1.45 bits per heavy atom. The molecule has 2 heterocycles. The Kier molecular flexibility index (Phi) is 4.90. The third-order valence-electron chi connectivity index (χ3n) is 4.12. The number of aromatic nitrogens is 1. The summed E-state index contributed by atoms with van der Waals surface area (Å²) >= 11 is 1.56. The van der Waals surface area contributed by atoms with Crippen molar-refractivity contribution in [3.8, 4) is 10.8 Å². The Labute approximate surface area is 133 Å². The lowest BCUT2D eigenvalue weighted by molar-refractivity contribution is -0.121. The van der Waals surface area contributed by atoms with Crippen molar-refractivity contribution in [1.29, 1.82) is 0 Å². The minimum Gasteiger partial charge on any atom is -0.444 e. The van der Waals surface area contributed by atoms with Crippen molar-refractivity contribution in [2.75, 3.05) is 6.61 Å². The Balaban J connectivity index is 1.57. The first-order valence-corrected chi connectivity index (χ1v) is 8.52. The summed E-state index contributed by atoms with van der Waals surface area (Å²) in [5.74, 6) is 0.678. The number of aliphatic hydroxyl groups is 1. The van der Waals surface area contributed by atoms with Crippen LogP contribution in [0.5, 0.6) is 0 Å². The molecule has 0 aromatic carbocycles. The van der Waals surface area contributed by atoms with Crippen LogP contribution in [0.2, 0.25) is 0 Å². The van der Waals surface area contributed by atoms with E-state index in [0.29, 0.717) is 11.6 Å². The van der Waals surface area contributed by atoms with Gasteiger partial charge in [-0.1, -0.05) is 18.9 Å². The van der Waals surface area contributed by atoms with Crippen LogP contribution in [-0.2, 0) is 11.2 Å². The highest BCUT2D eigenvalue weighted by molar-refractivity contribution is 7.13. The molecule has 2 aromatic rings. The molecule has 1 amide bonds. The SMILES string of the molecule is O=C(Cc1coc(-c2cccs2)n1)NC1CCCCC1CO. The van der Waals surface area contributed by atoms with E-state index in [1.54, 1.807) is 17.6 Å². The zero-order valence-corrected chi connectivity index (χ0v) is 13.1. The summed E-state index contributed by atoms with van der Waals surface area (Å²) in [6.07, 6.45) is 5.91. The topological polar surface area (TPSA) is 75.4 Å². The van der Waals surface area contributed by atoms with Gasteiger partial charge in [-0.2, -0.15) is 0 Å². The van der Waals surface area contributed by atoms with Crippen LogP contribution in [0.25, 0.3) is 10.8 Å². The molecule has 1 fully saturated rings. The Morgan fingerprint density at radius 2 is 2.32 bits per heavy atom. The summed E-state index contributed by atoms with van der Waals surface area (Å²) in [5, 5.41) is 14.4. The number of aliphatic hydroxyl groups excluding tert-OH is 1. The quantitative estimate of drug-likeness (QED) is 0.888. The molecule has 6 heteroatoms. The number of rotatable bonds is 5. The number of carbonyl (C=O) groups is 1. The molecule has 0 saturated heterocycles. The van der Waals surface area contributed by atoms with E-state index in [1.165, 1.54) is 0 Å². The van der Waals surface area contributed by atoms with Crippen molar-refractivity contribution in [1.82, 2.24) is 10.3 Å². The number of nitrogens with one attached hydrogen (secondary N) is 1. The normalized spacial score (nSPS) is 21.7. The Morgan fingerprint density at radius 3 is 3.09 bits per heavy atom. The Bertz CT molecular complexity index is 609. The van der Waals surface area contributed by atoms with Crippen molar-refractivity contribution in [3.63, 3.8) is 0 Å². The summed E-state index contributed by atoms with van der Waals surface area (Å²) < 4.78 is 5.42. The number of carbonyl (C=O) groups excluding carboxylic acids is 1. The molecule has 0 aliphatic heterocycles. The molecule has 118 valence electrons. The van der Waals surface area contributed by atoms with Crippen molar-refractivity contribution in [3.05, 3.63) is 29.5 Å². The molecule has 1 aliphatic rings. The van der Waals surface area contributed by atoms with Crippen molar-refractivity contribution in [2.24, 2.45) is 5.92 Å². The molecule has 3 rings (SSSR count). The van der Waals surface area contributed by atoms with Gasteiger partial charge in [0.25, 0.3) is 0 Å². The van der Waals surface area contributed by atoms with Gasteiger partial charge >= 0.3 is 0 Å². The largest absolute Gasteiger partial charge is 0.444 e. The summed E-state index contributed by atoms with van der Waals surface area (Å²) in [6, 6.07) is 3.96. The van der Waals surface area contributed by atoms with Crippen molar-refractivity contribution < 1.29 is 14.3 Å². The van der Waals surface area contributed by atoms with Crippen LogP contribution in [0.15, 0.2) is 28.2 Å². The summed E-state index contributed by atoms with van der Waals surface area (Å²) in [5.41, 5.74) is 0.636. The van der Waals surface area contributed by atoms with Gasteiger partial charge in [-0.3, -0.25) is 4.79 Å². The van der Waals surface area contributed by atoms with E-state index in [9.17, 15) is 9.90 Å². The molecule has 2 aromatic heterocycles. The predicted octanol–water partition coefficient (Wildman–Crippen LogP) is 2.61. The van der Waals surface area contributed by atoms with Gasteiger partial charge in [0, 0.05) is 18.6 Å². The molecule has 2 atom stereocenters. The first-order valence-electron chi connectivity index (χ1n) is 7.65. The fourth-order valence-corrected chi connectivity index (χ4v) is 3.60. The number of thiophene rings is 1. The molecular weight excluding hydrogens is 300 g/mol. The van der Waals surface area contributed by atoms with E-state index in [-0.39, 0.29) is 30.9 Å². The van der Waals surface area contributed by atoms with Gasteiger partial charge in [-0.25, -0.2) is 4.98 Å². The van der Waals surface area contributed by atoms with Gasteiger partial charge in [0.2, 0.25) is 11.8 Å². The van der Waals surface area contributed by atoms with Crippen LogP contribution in [0, 0.1) is 5.92 Å². The van der Waals surface area contributed by atoms with E-state index < -0.39 is 0 Å². The zero-order valence-electron chi connectivity index (χ0n) is 12.3. The predicted molar refractivity (Wildman–Crippen MR) is 84.5 cm³/mol. The molecule has 2 N–H and O–H groups in total. The van der Waals surface area contributed by atoms with Gasteiger partial charge in [-0.05, 0) is 24.3 Å². The number of hydrogen-bond donors (Lipinski definition) is 2. The monoisotopic (exact) mass is 320 g/mol. The maximum atomic E-state index is 12.2. The van der Waals surface area contributed by atoms with E-state index in [0.717, 1.165) is 30.6 Å². The van der Waals surface area contributed by atoms with Gasteiger partial charge in [0.1, 0.15) is 6.26 Å². The van der Waals surface area contributed by atoms with Crippen LogP contribution < -0.4 is 5.32 Å². The molecule has 22 heavy (non-hydrogen) atoms. The van der Waals surface area contributed by atoms with Crippen LogP contribution in [0.4, 0.5) is 0 Å². The minimum atomic E-state index is -0.0589. The zero-order chi connectivity index (χ0) is 15.4. The molecule has 0 bridgehead atoms. The molecule has 1 aliphatic carbocycles. The highest BCUT2D eigenvalue weighted by Gasteiger charge is 2.26. The fraction of sp³-hybridized carbons (Fsp3) is 0.500. The first kappa shape index (κ1) is 15.2. The molecule has 2 unspecified atom stereocenters. The lowest BCUT2D eigenvalue weighted by atomic mass is 9.85. The summed E-state index contributed by atoms with van der Waals surface area (Å²) in [6.45, 7) is 0.136. The second-order valence-electron chi connectivity index (χ2n) is 5.70. The van der Waals surface area contributed by atoms with Gasteiger partial charge in [-0.15, -0.1) is 11.3 Å². The maximum Gasteiger partial charge on any atom is 0.236 e. The highest BCUT2D eigenvalue weighted by atomic mass is 32.1. The molecule has 0 spiro atoms. The van der Waals surface area contributed by atoms with Crippen molar-refractivity contribution >= 4 is 17.2 Å². The van der Waals surface area contributed by atoms with E-state index in [1.807, 2.05) is 17.5 Å². The molecule has 5 nitrogen and oxygen atoms in total. The smallest absolute Gasteiger partial charge is 0.236 e. The van der Waals surface area contributed by atoms with Crippen LogP contribution >= 0.6 is 11.3 Å². The summed E-state index contributed by atoms with van der Waals surface area (Å²) in [4.78, 5) is 17.5. The van der Waals surface area contributed by atoms with Crippen LogP contribution in [0.1, 0.15) is 31.4 Å².